The zero-order valence-corrected chi connectivity index (χ0v) is 18.4. The van der Waals surface area contributed by atoms with Crippen LogP contribution in [-0.4, -0.2) is 30.7 Å². The second-order valence-electron chi connectivity index (χ2n) is 8.56. The zero-order valence-electron chi connectivity index (χ0n) is 17.6. The van der Waals surface area contributed by atoms with Crippen LogP contribution < -0.4 is 9.80 Å². The summed E-state index contributed by atoms with van der Waals surface area (Å²) in [7, 11) is 0. The predicted molar refractivity (Wildman–Crippen MR) is 125 cm³/mol. The number of rotatable bonds is 5. The molecule has 154 valence electrons. The lowest BCUT2D eigenvalue weighted by Crippen LogP contribution is -3.27. The van der Waals surface area contributed by atoms with E-state index in [9.17, 15) is 0 Å². The summed E-state index contributed by atoms with van der Waals surface area (Å²) in [5.74, 6) is 0. The Morgan fingerprint density at radius 2 is 1.43 bits per heavy atom. The zero-order chi connectivity index (χ0) is 20.5. The number of fused-ring (bicyclic) bond motifs is 3. The van der Waals surface area contributed by atoms with Crippen LogP contribution in [0.5, 0.6) is 0 Å². The van der Waals surface area contributed by atoms with E-state index < -0.39 is 0 Å². The van der Waals surface area contributed by atoms with Crippen LogP contribution in [-0.2, 0) is 19.6 Å². The van der Waals surface area contributed by atoms with Crippen molar-refractivity contribution in [2.75, 3.05) is 26.2 Å². The monoisotopic (exact) mass is 419 g/mol. The van der Waals surface area contributed by atoms with E-state index in [4.69, 9.17) is 11.6 Å². The first-order valence-electron chi connectivity index (χ1n) is 11.1. The lowest BCUT2D eigenvalue weighted by Gasteiger charge is -2.30. The van der Waals surface area contributed by atoms with Gasteiger partial charge in [0.1, 0.15) is 39.3 Å². The number of nitrogens with zero attached hydrogens (tertiary/aromatic N) is 1. The maximum atomic E-state index is 6.36. The predicted octanol–water partition coefficient (Wildman–Crippen LogP) is 2.95. The van der Waals surface area contributed by atoms with Gasteiger partial charge in [0.05, 0.1) is 0 Å². The molecule has 0 radical (unpaired) electrons. The molecule has 30 heavy (non-hydrogen) atoms. The van der Waals surface area contributed by atoms with Gasteiger partial charge in [-0.25, -0.2) is 0 Å². The summed E-state index contributed by atoms with van der Waals surface area (Å²) in [5, 5.41) is 3.67. The molecule has 0 atom stereocenters. The number of para-hydroxylation sites is 1. The fraction of sp³-hybridized carbons (Fsp3) is 0.308. The van der Waals surface area contributed by atoms with Crippen molar-refractivity contribution in [2.45, 2.75) is 26.6 Å². The van der Waals surface area contributed by atoms with Crippen molar-refractivity contribution in [3.8, 4) is 0 Å². The van der Waals surface area contributed by atoms with Crippen LogP contribution in [0.2, 0.25) is 5.02 Å². The molecule has 4 heteroatoms. The van der Waals surface area contributed by atoms with Gasteiger partial charge in [-0.1, -0.05) is 54.1 Å². The summed E-state index contributed by atoms with van der Waals surface area (Å²) >= 11 is 6.36. The Bertz CT molecular complexity index is 1170. The Labute approximate surface area is 183 Å². The first-order valence-corrected chi connectivity index (χ1v) is 11.5. The molecule has 0 spiro atoms. The number of nitrogens with one attached hydrogen (secondary N) is 2. The van der Waals surface area contributed by atoms with Gasteiger partial charge >= 0.3 is 0 Å². The van der Waals surface area contributed by atoms with Crippen molar-refractivity contribution < 1.29 is 9.80 Å². The van der Waals surface area contributed by atoms with Gasteiger partial charge in [0.25, 0.3) is 0 Å². The second kappa shape index (κ2) is 8.43. The Morgan fingerprint density at radius 1 is 0.767 bits per heavy atom. The quantitative estimate of drug-likeness (QED) is 0.494. The van der Waals surface area contributed by atoms with E-state index in [1.807, 2.05) is 12.1 Å². The Morgan fingerprint density at radius 3 is 2.20 bits per heavy atom. The Balaban J connectivity index is 1.29. The summed E-state index contributed by atoms with van der Waals surface area (Å²) < 4.78 is 2.43. The summed E-state index contributed by atoms with van der Waals surface area (Å²) in [6.45, 7) is 10.2. The van der Waals surface area contributed by atoms with Crippen molar-refractivity contribution >= 4 is 33.4 Å². The van der Waals surface area contributed by atoms with Crippen LogP contribution >= 0.6 is 11.6 Å². The maximum absolute atomic E-state index is 6.36. The van der Waals surface area contributed by atoms with E-state index in [2.05, 4.69) is 66.1 Å². The van der Waals surface area contributed by atoms with Crippen LogP contribution in [0.25, 0.3) is 21.8 Å². The minimum atomic E-state index is 0.902. The molecule has 3 nitrogen and oxygen atoms in total. The molecule has 3 aromatic carbocycles. The highest BCUT2D eigenvalue weighted by Crippen LogP contribution is 2.29. The van der Waals surface area contributed by atoms with E-state index in [1.165, 1.54) is 59.1 Å². The summed E-state index contributed by atoms with van der Waals surface area (Å²) in [6.07, 6.45) is 0. The molecule has 4 aromatic rings. The number of aryl methyl sites for hydroxylation is 1. The third kappa shape index (κ3) is 3.74. The van der Waals surface area contributed by atoms with E-state index in [-0.39, 0.29) is 0 Å². The number of hydrogen-bond acceptors (Lipinski definition) is 0. The van der Waals surface area contributed by atoms with E-state index in [0.29, 0.717) is 0 Å². The SMILES string of the molecule is CCn1c2ccccc2c2cc(C[NH+]3CC[NH+](Cc4ccccc4Cl)CC3)ccc21. The molecule has 1 fully saturated rings. The molecular weight excluding hydrogens is 390 g/mol. The number of hydrogen-bond donors (Lipinski definition) is 2. The summed E-state index contributed by atoms with van der Waals surface area (Å²) in [4.78, 5) is 3.34. The largest absolute Gasteiger partial charge is 0.341 e. The maximum Gasteiger partial charge on any atom is 0.127 e. The molecule has 0 saturated carbocycles. The third-order valence-corrected chi connectivity index (χ3v) is 7.04. The lowest BCUT2D eigenvalue weighted by atomic mass is 10.1. The molecule has 2 heterocycles. The van der Waals surface area contributed by atoms with E-state index >= 15 is 0 Å². The van der Waals surface area contributed by atoms with Gasteiger partial charge in [-0.15, -0.1) is 0 Å². The van der Waals surface area contributed by atoms with Crippen molar-refractivity contribution in [1.29, 1.82) is 0 Å². The molecule has 0 bridgehead atoms. The molecule has 2 N–H and O–H groups in total. The molecular formula is C26H30ClN3+2. The number of benzene rings is 3. The van der Waals surface area contributed by atoms with Crippen molar-refractivity contribution in [2.24, 2.45) is 0 Å². The highest BCUT2D eigenvalue weighted by atomic mass is 35.5. The smallest absolute Gasteiger partial charge is 0.127 e. The van der Waals surface area contributed by atoms with Crippen molar-refractivity contribution in [3.63, 3.8) is 0 Å². The molecule has 1 saturated heterocycles. The Kier molecular flexibility index (Phi) is 5.51. The number of quaternary nitrogens is 2. The van der Waals surface area contributed by atoms with Crippen LogP contribution in [0.3, 0.4) is 0 Å². The fourth-order valence-electron chi connectivity index (χ4n) is 5.06. The number of halogens is 1. The van der Waals surface area contributed by atoms with Crippen LogP contribution in [0, 0.1) is 0 Å². The molecule has 5 rings (SSSR count). The van der Waals surface area contributed by atoms with Crippen molar-refractivity contribution in [3.05, 3.63) is 82.9 Å². The third-order valence-electron chi connectivity index (χ3n) is 6.67. The van der Waals surface area contributed by atoms with Gasteiger partial charge in [0.15, 0.2) is 0 Å². The van der Waals surface area contributed by atoms with Crippen LogP contribution in [0.4, 0.5) is 0 Å². The first-order chi connectivity index (χ1) is 14.7. The molecule has 0 aliphatic carbocycles. The van der Waals surface area contributed by atoms with Gasteiger partial charge in [-0.3, -0.25) is 0 Å². The van der Waals surface area contributed by atoms with Gasteiger partial charge < -0.3 is 14.4 Å². The number of piperazine rings is 1. The molecule has 0 amide bonds. The molecule has 1 aliphatic heterocycles. The van der Waals surface area contributed by atoms with Crippen LogP contribution in [0.1, 0.15) is 18.1 Å². The van der Waals surface area contributed by atoms with Gasteiger partial charge in [-0.2, -0.15) is 0 Å². The topological polar surface area (TPSA) is 13.8 Å². The van der Waals surface area contributed by atoms with Gasteiger partial charge in [0.2, 0.25) is 0 Å². The summed E-state index contributed by atoms with van der Waals surface area (Å²) in [5.41, 5.74) is 5.42. The molecule has 1 aliphatic rings. The minimum absolute atomic E-state index is 0.902. The molecule has 0 unspecified atom stereocenters. The fourth-order valence-corrected chi connectivity index (χ4v) is 5.26. The Hall–Kier alpha value is -2.33. The molecule has 1 aromatic heterocycles. The van der Waals surface area contributed by atoms with E-state index in [0.717, 1.165) is 24.7 Å². The van der Waals surface area contributed by atoms with Crippen LogP contribution in [0.15, 0.2) is 66.7 Å². The second-order valence-corrected chi connectivity index (χ2v) is 8.97. The summed E-state index contributed by atoms with van der Waals surface area (Å²) in [6, 6.07) is 24.2. The lowest BCUT2D eigenvalue weighted by molar-refractivity contribution is -1.02. The standard InChI is InChI=1S/C26H28ClN3/c1-2-30-25-10-6-4-8-22(25)23-17-20(11-12-26(23)30)18-28-13-15-29(16-14-28)19-21-7-3-5-9-24(21)27/h3-12,17H,2,13-16,18-19H2,1H3/p+2. The normalized spacial score (nSPS) is 19.5. The van der Waals surface area contributed by atoms with Crippen molar-refractivity contribution in [1.82, 2.24) is 4.57 Å². The van der Waals surface area contributed by atoms with Gasteiger partial charge in [-0.05, 0) is 31.2 Å². The van der Waals surface area contributed by atoms with E-state index in [1.54, 1.807) is 9.80 Å². The average molecular weight is 420 g/mol. The highest BCUT2D eigenvalue weighted by Gasteiger charge is 2.24. The highest BCUT2D eigenvalue weighted by molar-refractivity contribution is 6.31. The van der Waals surface area contributed by atoms with Gasteiger partial charge in [0, 0.05) is 44.5 Å². The first kappa shape index (κ1) is 19.6. The minimum Gasteiger partial charge on any atom is -0.341 e. The number of aromatic nitrogens is 1. The average Bonchev–Trinajstić information content (AvgIpc) is 3.10.